The number of amides is 1. The zero-order valence-electron chi connectivity index (χ0n) is 13.1. The fourth-order valence-electron chi connectivity index (χ4n) is 2.82. The number of nitrogens with one attached hydrogen (secondary N) is 1. The predicted octanol–water partition coefficient (Wildman–Crippen LogP) is 3.08. The second-order valence-corrected chi connectivity index (χ2v) is 5.88. The molecule has 116 valence electrons. The Morgan fingerprint density at radius 3 is 2.76 bits per heavy atom. The van der Waals surface area contributed by atoms with Crippen molar-refractivity contribution in [2.45, 2.75) is 45.6 Å². The molecule has 1 aliphatic rings. The van der Waals surface area contributed by atoms with Gasteiger partial charge >= 0.3 is 0 Å². The summed E-state index contributed by atoms with van der Waals surface area (Å²) in [6.07, 6.45) is 4.73. The first-order valence-corrected chi connectivity index (χ1v) is 7.67. The van der Waals surface area contributed by atoms with Crippen molar-refractivity contribution in [1.29, 1.82) is 0 Å². The van der Waals surface area contributed by atoms with Gasteiger partial charge in [0.05, 0.1) is 7.11 Å². The smallest absolute Gasteiger partial charge is 0.258 e. The van der Waals surface area contributed by atoms with E-state index in [1.807, 2.05) is 25.1 Å². The summed E-state index contributed by atoms with van der Waals surface area (Å²) in [5.41, 5.74) is 1.10. The van der Waals surface area contributed by atoms with Crippen LogP contribution in [0.2, 0.25) is 0 Å². The highest BCUT2D eigenvalue weighted by Gasteiger charge is 2.22. The van der Waals surface area contributed by atoms with Gasteiger partial charge in [0.2, 0.25) is 0 Å². The second kappa shape index (κ2) is 7.34. The fraction of sp³-hybridized carbons (Fsp3) is 0.588. The number of hydrogen-bond donors (Lipinski definition) is 1. The van der Waals surface area contributed by atoms with E-state index in [-0.39, 0.29) is 18.6 Å². The van der Waals surface area contributed by atoms with E-state index in [9.17, 15) is 4.79 Å². The average molecular weight is 291 g/mol. The molecule has 0 bridgehead atoms. The second-order valence-electron chi connectivity index (χ2n) is 5.88. The van der Waals surface area contributed by atoms with Gasteiger partial charge in [0.1, 0.15) is 0 Å². The molecule has 4 heteroatoms. The zero-order valence-corrected chi connectivity index (χ0v) is 13.1. The van der Waals surface area contributed by atoms with Crippen LogP contribution in [-0.4, -0.2) is 25.7 Å². The van der Waals surface area contributed by atoms with Crippen molar-refractivity contribution in [3.8, 4) is 11.5 Å². The van der Waals surface area contributed by atoms with Gasteiger partial charge in [-0.25, -0.2) is 0 Å². The number of rotatable bonds is 5. The van der Waals surface area contributed by atoms with E-state index in [0.717, 1.165) is 12.0 Å². The lowest BCUT2D eigenvalue weighted by Gasteiger charge is -2.29. The number of benzene rings is 1. The van der Waals surface area contributed by atoms with E-state index in [1.54, 1.807) is 7.11 Å². The number of ether oxygens (including phenoxy) is 2. The van der Waals surface area contributed by atoms with Crippen molar-refractivity contribution in [2.24, 2.45) is 5.92 Å². The van der Waals surface area contributed by atoms with Crippen LogP contribution in [0.5, 0.6) is 11.5 Å². The van der Waals surface area contributed by atoms with E-state index < -0.39 is 0 Å². The van der Waals surface area contributed by atoms with Crippen molar-refractivity contribution < 1.29 is 14.3 Å². The molecule has 0 saturated heterocycles. The first-order valence-electron chi connectivity index (χ1n) is 7.67. The number of aryl methyl sites for hydroxylation is 1. The average Bonchev–Trinajstić information content (AvgIpc) is 2.48. The van der Waals surface area contributed by atoms with Crippen molar-refractivity contribution in [3.63, 3.8) is 0 Å². The Kier molecular flexibility index (Phi) is 5.48. The standard InChI is InChI=1S/C17H25NO3/c1-12-8-9-15(16(10-12)20-3)21-11-17(19)18-14-7-5-4-6-13(14)2/h8-10,13-14H,4-7,11H2,1-3H3,(H,18,19). The Hall–Kier alpha value is -1.71. The Balaban J connectivity index is 1.86. The molecule has 0 aliphatic heterocycles. The molecule has 1 aromatic rings. The third-order valence-electron chi connectivity index (χ3n) is 4.14. The number of hydrogen-bond acceptors (Lipinski definition) is 3. The molecule has 1 amide bonds. The van der Waals surface area contributed by atoms with Gasteiger partial charge in [-0.3, -0.25) is 4.79 Å². The van der Waals surface area contributed by atoms with Crippen molar-refractivity contribution in [3.05, 3.63) is 23.8 Å². The summed E-state index contributed by atoms with van der Waals surface area (Å²) >= 11 is 0. The number of carbonyl (C=O) groups excluding carboxylic acids is 1. The van der Waals surface area contributed by atoms with Crippen LogP contribution in [0.1, 0.15) is 38.2 Å². The summed E-state index contributed by atoms with van der Waals surface area (Å²) in [5, 5.41) is 3.08. The molecule has 0 aromatic heterocycles. The van der Waals surface area contributed by atoms with Crippen LogP contribution in [0.15, 0.2) is 18.2 Å². The van der Waals surface area contributed by atoms with E-state index in [4.69, 9.17) is 9.47 Å². The molecule has 2 rings (SSSR count). The summed E-state index contributed by atoms with van der Waals surface area (Å²) in [7, 11) is 1.60. The van der Waals surface area contributed by atoms with E-state index >= 15 is 0 Å². The number of carbonyl (C=O) groups is 1. The molecule has 1 saturated carbocycles. The maximum atomic E-state index is 12.0. The lowest BCUT2D eigenvalue weighted by molar-refractivity contribution is -0.124. The molecule has 1 aromatic carbocycles. The molecule has 0 radical (unpaired) electrons. The molecule has 2 unspecified atom stereocenters. The van der Waals surface area contributed by atoms with Gasteiger partial charge in [-0.15, -0.1) is 0 Å². The summed E-state index contributed by atoms with van der Waals surface area (Å²) in [6.45, 7) is 4.22. The van der Waals surface area contributed by atoms with Crippen LogP contribution in [0.3, 0.4) is 0 Å². The van der Waals surface area contributed by atoms with E-state index in [2.05, 4.69) is 12.2 Å². The minimum atomic E-state index is -0.0589. The maximum Gasteiger partial charge on any atom is 0.258 e. The SMILES string of the molecule is COc1cc(C)ccc1OCC(=O)NC1CCCCC1C. The van der Waals surface area contributed by atoms with Crippen LogP contribution in [-0.2, 0) is 4.79 Å². The Bertz CT molecular complexity index is 487. The minimum Gasteiger partial charge on any atom is -0.493 e. The van der Waals surface area contributed by atoms with Gasteiger partial charge in [0.25, 0.3) is 5.91 Å². The largest absolute Gasteiger partial charge is 0.493 e. The highest BCUT2D eigenvalue weighted by Crippen LogP contribution is 2.28. The van der Waals surface area contributed by atoms with Gasteiger partial charge < -0.3 is 14.8 Å². The third-order valence-corrected chi connectivity index (χ3v) is 4.14. The summed E-state index contributed by atoms with van der Waals surface area (Å²) in [4.78, 5) is 12.0. The number of methoxy groups -OCH3 is 1. The van der Waals surface area contributed by atoms with Crippen LogP contribution >= 0.6 is 0 Å². The van der Waals surface area contributed by atoms with Gasteiger partial charge in [0.15, 0.2) is 18.1 Å². The van der Waals surface area contributed by atoms with Crippen molar-refractivity contribution in [2.75, 3.05) is 13.7 Å². The Morgan fingerprint density at radius 2 is 2.05 bits per heavy atom. The fourth-order valence-corrected chi connectivity index (χ4v) is 2.82. The van der Waals surface area contributed by atoms with Crippen LogP contribution in [0.25, 0.3) is 0 Å². The van der Waals surface area contributed by atoms with Crippen molar-refractivity contribution >= 4 is 5.91 Å². The van der Waals surface area contributed by atoms with E-state index in [1.165, 1.54) is 19.3 Å². The van der Waals surface area contributed by atoms with Gasteiger partial charge in [-0.05, 0) is 43.4 Å². The molecule has 4 nitrogen and oxygen atoms in total. The molecule has 0 heterocycles. The topological polar surface area (TPSA) is 47.6 Å². The van der Waals surface area contributed by atoms with Gasteiger partial charge in [-0.2, -0.15) is 0 Å². The molecule has 1 N–H and O–H groups in total. The summed E-state index contributed by atoms with van der Waals surface area (Å²) in [6, 6.07) is 5.97. The van der Waals surface area contributed by atoms with Crippen molar-refractivity contribution in [1.82, 2.24) is 5.32 Å². The maximum absolute atomic E-state index is 12.0. The first kappa shape index (κ1) is 15.7. The lowest BCUT2D eigenvalue weighted by Crippen LogP contribution is -2.43. The quantitative estimate of drug-likeness (QED) is 0.907. The summed E-state index contributed by atoms with van der Waals surface area (Å²) in [5.74, 6) is 1.76. The monoisotopic (exact) mass is 291 g/mol. The van der Waals surface area contributed by atoms with E-state index in [0.29, 0.717) is 17.4 Å². The highest BCUT2D eigenvalue weighted by molar-refractivity contribution is 5.78. The highest BCUT2D eigenvalue weighted by atomic mass is 16.5. The molecule has 1 aliphatic carbocycles. The predicted molar refractivity (Wildman–Crippen MR) is 82.8 cm³/mol. The summed E-state index contributed by atoms with van der Waals surface area (Å²) < 4.78 is 10.9. The molecule has 2 atom stereocenters. The van der Waals surface area contributed by atoms with Crippen LogP contribution in [0, 0.1) is 12.8 Å². The van der Waals surface area contributed by atoms with Crippen LogP contribution < -0.4 is 14.8 Å². The molecular formula is C17H25NO3. The Morgan fingerprint density at radius 1 is 1.29 bits per heavy atom. The lowest BCUT2D eigenvalue weighted by atomic mass is 9.86. The molecule has 21 heavy (non-hydrogen) atoms. The Labute approximate surface area is 126 Å². The molecular weight excluding hydrogens is 266 g/mol. The zero-order chi connectivity index (χ0) is 15.2. The minimum absolute atomic E-state index is 0.0304. The third kappa shape index (κ3) is 4.38. The van der Waals surface area contributed by atoms with Gasteiger partial charge in [-0.1, -0.05) is 25.8 Å². The van der Waals surface area contributed by atoms with Gasteiger partial charge in [0, 0.05) is 6.04 Å². The molecule has 1 fully saturated rings. The normalized spacial score (nSPS) is 21.7. The first-order chi connectivity index (χ1) is 10.1. The van der Waals surface area contributed by atoms with Crippen LogP contribution in [0.4, 0.5) is 0 Å². The molecule has 0 spiro atoms.